The van der Waals surface area contributed by atoms with Crippen LogP contribution in [0.1, 0.15) is 0 Å². The number of nitrogens with one attached hydrogen (secondary N) is 1. The van der Waals surface area contributed by atoms with Crippen LogP contribution in [0.4, 0.5) is 0 Å². The van der Waals surface area contributed by atoms with Gasteiger partial charge in [0.25, 0.3) is 0 Å². The summed E-state index contributed by atoms with van der Waals surface area (Å²) in [5.74, 6) is 0. The molecule has 0 saturated carbocycles. The van der Waals surface area contributed by atoms with E-state index in [1.54, 1.807) is 6.08 Å². The summed E-state index contributed by atoms with van der Waals surface area (Å²) in [5, 5.41) is 0. The maximum Gasteiger partial charge on any atom is 0.0240 e. The van der Waals surface area contributed by atoms with Crippen LogP contribution in [0.3, 0.4) is 0 Å². The summed E-state index contributed by atoms with van der Waals surface area (Å²) in [6.07, 6.45) is 1.77. The first-order chi connectivity index (χ1) is 2.41. The van der Waals surface area contributed by atoms with E-state index in [0.717, 1.165) is 6.54 Å². The Balaban J connectivity index is 2.40. The van der Waals surface area contributed by atoms with Crippen LogP contribution < -0.4 is 4.34 Å². The number of hydrogen-bond acceptors (Lipinski definition) is 1. The second-order valence-corrected chi connectivity index (χ2v) is 1.19. The molecule has 0 fully saturated rings. The lowest BCUT2D eigenvalue weighted by Gasteiger charge is -1.76. The minimum atomic E-state index is 0.819. The van der Waals surface area contributed by atoms with Crippen LogP contribution in [-0.4, -0.2) is 6.54 Å². The van der Waals surface area contributed by atoms with E-state index in [1.165, 1.54) is 0 Å². The quantitative estimate of drug-likeness (QED) is 0.442. The van der Waals surface area contributed by atoms with Gasteiger partial charge in [0, 0.05) is 22.7 Å². The summed E-state index contributed by atoms with van der Waals surface area (Å²) in [6.45, 7) is 4.28. The van der Waals surface area contributed by atoms with E-state index < -0.39 is 0 Å². The molecule has 2 heteroatoms. The van der Waals surface area contributed by atoms with Gasteiger partial charge in [-0.15, -0.1) is 6.58 Å². The SMILES string of the molecule is C=CCNBr. The lowest BCUT2D eigenvalue weighted by atomic mass is 10.7. The summed E-state index contributed by atoms with van der Waals surface area (Å²) < 4.78 is 2.71. The Hall–Kier alpha value is 0.180. The molecule has 0 aliphatic heterocycles. The van der Waals surface area contributed by atoms with Crippen LogP contribution >= 0.6 is 16.1 Å². The van der Waals surface area contributed by atoms with E-state index in [-0.39, 0.29) is 0 Å². The van der Waals surface area contributed by atoms with Crippen LogP contribution in [0.5, 0.6) is 0 Å². The Morgan fingerprint density at radius 1 is 2.00 bits per heavy atom. The lowest BCUT2D eigenvalue weighted by Crippen LogP contribution is -1.92. The van der Waals surface area contributed by atoms with Gasteiger partial charge < -0.3 is 0 Å². The van der Waals surface area contributed by atoms with E-state index in [2.05, 4.69) is 27.1 Å². The van der Waals surface area contributed by atoms with Crippen LogP contribution in [0.25, 0.3) is 0 Å². The van der Waals surface area contributed by atoms with E-state index in [0.29, 0.717) is 0 Å². The third kappa shape index (κ3) is 4.18. The predicted octanol–water partition coefficient (Wildman–Crippen LogP) is 1.07. The Morgan fingerprint density at radius 3 is 2.60 bits per heavy atom. The molecule has 0 saturated heterocycles. The molecule has 0 bridgehead atoms. The smallest absolute Gasteiger partial charge is 0.0240 e. The predicted molar refractivity (Wildman–Crippen MR) is 27.1 cm³/mol. The highest BCUT2D eigenvalue weighted by Gasteiger charge is 1.59. The summed E-state index contributed by atoms with van der Waals surface area (Å²) in [7, 11) is 0. The second-order valence-electron chi connectivity index (χ2n) is 0.626. The molecule has 0 rings (SSSR count). The topological polar surface area (TPSA) is 12.0 Å². The van der Waals surface area contributed by atoms with Gasteiger partial charge in [-0.1, -0.05) is 6.08 Å². The normalized spacial score (nSPS) is 7.40. The molecule has 0 aromatic heterocycles. The Kier molecular flexibility index (Phi) is 4.33. The van der Waals surface area contributed by atoms with E-state index >= 15 is 0 Å². The van der Waals surface area contributed by atoms with Gasteiger partial charge >= 0.3 is 0 Å². The maximum atomic E-state index is 3.46. The highest BCUT2D eigenvalue weighted by atomic mass is 79.9. The van der Waals surface area contributed by atoms with Gasteiger partial charge in [-0.05, 0) is 0 Å². The minimum absolute atomic E-state index is 0.819. The van der Waals surface area contributed by atoms with E-state index in [9.17, 15) is 0 Å². The third-order valence-electron chi connectivity index (χ3n) is 0.221. The molecule has 0 heterocycles. The molecule has 0 aliphatic rings. The van der Waals surface area contributed by atoms with Gasteiger partial charge in [0.05, 0.1) is 0 Å². The molecule has 30 valence electrons. The zero-order chi connectivity index (χ0) is 4.12. The van der Waals surface area contributed by atoms with Crippen molar-refractivity contribution in [2.24, 2.45) is 0 Å². The second kappa shape index (κ2) is 4.18. The van der Waals surface area contributed by atoms with Gasteiger partial charge in [-0.2, -0.15) is 0 Å². The molecule has 0 aliphatic carbocycles. The van der Waals surface area contributed by atoms with Gasteiger partial charge in [-0.25, -0.2) is 0 Å². The molecule has 0 unspecified atom stereocenters. The Morgan fingerprint density at radius 2 is 2.60 bits per heavy atom. The standard InChI is InChI=1S/C3H6BrN/c1-2-3-5-4/h2,5H,1,3H2. The van der Waals surface area contributed by atoms with Crippen molar-refractivity contribution in [3.63, 3.8) is 0 Å². The highest BCUT2D eigenvalue weighted by molar-refractivity contribution is 9.08. The van der Waals surface area contributed by atoms with Crippen LogP contribution in [0.15, 0.2) is 12.7 Å². The van der Waals surface area contributed by atoms with Crippen molar-refractivity contribution in [2.45, 2.75) is 0 Å². The van der Waals surface area contributed by atoms with Crippen molar-refractivity contribution in [2.75, 3.05) is 6.54 Å². The number of hydrogen-bond donors (Lipinski definition) is 1. The molecule has 0 atom stereocenters. The van der Waals surface area contributed by atoms with Crippen LogP contribution in [0.2, 0.25) is 0 Å². The fourth-order valence-electron chi connectivity index (χ4n) is 0.0546. The van der Waals surface area contributed by atoms with Crippen molar-refractivity contribution in [1.29, 1.82) is 0 Å². The first-order valence-corrected chi connectivity index (χ1v) is 2.15. The zero-order valence-corrected chi connectivity index (χ0v) is 4.46. The van der Waals surface area contributed by atoms with E-state index in [1.807, 2.05) is 0 Å². The third-order valence-corrected chi connectivity index (χ3v) is 0.545. The average Bonchev–Trinajstić information content (AvgIpc) is 1.41. The molecule has 0 spiro atoms. The van der Waals surface area contributed by atoms with Crippen LogP contribution in [0, 0.1) is 0 Å². The number of halogens is 1. The first kappa shape index (κ1) is 5.18. The van der Waals surface area contributed by atoms with Crippen LogP contribution in [-0.2, 0) is 0 Å². The fraction of sp³-hybridized carbons (Fsp3) is 0.333. The highest BCUT2D eigenvalue weighted by Crippen LogP contribution is 1.63. The summed E-state index contributed by atoms with van der Waals surface area (Å²) >= 11 is 2.99. The van der Waals surface area contributed by atoms with Gasteiger partial charge in [-0.3, -0.25) is 4.34 Å². The molecular weight excluding hydrogens is 130 g/mol. The molecule has 0 aromatic rings. The zero-order valence-electron chi connectivity index (χ0n) is 2.87. The van der Waals surface area contributed by atoms with Gasteiger partial charge in [0.1, 0.15) is 0 Å². The summed E-state index contributed by atoms with van der Waals surface area (Å²) in [6, 6.07) is 0. The monoisotopic (exact) mass is 135 g/mol. The average molecular weight is 136 g/mol. The van der Waals surface area contributed by atoms with Crippen molar-refractivity contribution in [1.82, 2.24) is 4.34 Å². The molecular formula is C3H6BrN. The maximum absolute atomic E-state index is 3.46. The minimum Gasteiger partial charge on any atom is -0.252 e. The van der Waals surface area contributed by atoms with Gasteiger partial charge in [0.15, 0.2) is 0 Å². The van der Waals surface area contributed by atoms with Crippen molar-refractivity contribution in [3.05, 3.63) is 12.7 Å². The molecule has 1 N–H and O–H groups in total. The Bertz CT molecular complexity index is 28.1. The van der Waals surface area contributed by atoms with E-state index in [4.69, 9.17) is 0 Å². The summed E-state index contributed by atoms with van der Waals surface area (Å²) in [4.78, 5) is 0. The Labute approximate surface area is 40.4 Å². The lowest BCUT2D eigenvalue weighted by molar-refractivity contribution is 1.16. The van der Waals surface area contributed by atoms with Crippen molar-refractivity contribution in [3.8, 4) is 0 Å². The summed E-state index contributed by atoms with van der Waals surface area (Å²) in [5.41, 5.74) is 0. The number of rotatable bonds is 2. The fourth-order valence-corrected chi connectivity index (χ4v) is 0.283. The molecule has 0 aromatic carbocycles. The molecule has 1 nitrogen and oxygen atoms in total. The van der Waals surface area contributed by atoms with Crippen molar-refractivity contribution < 1.29 is 0 Å². The first-order valence-electron chi connectivity index (χ1n) is 1.36. The molecule has 5 heavy (non-hydrogen) atoms. The van der Waals surface area contributed by atoms with Gasteiger partial charge in [0.2, 0.25) is 0 Å². The largest absolute Gasteiger partial charge is 0.252 e. The van der Waals surface area contributed by atoms with Crippen molar-refractivity contribution >= 4 is 16.1 Å². The molecule has 0 radical (unpaired) electrons. The molecule has 0 amide bonds.